The zero-order valence-corrected chi connectivity index (χ0v) is 7.46. The van der Waals surface area contributed by atoms with Crippen LogP contribution in [0.15, 0.2) is 18.2 Å². The highest BCUT2D eigenvalue weighted by Gasteiger charge is 1.95. The van der Waals surface area contributed by atoms with Crippen LogP contribution in [0.4, 0.5) is 17.1 Å². The maximum Gasteiger partial charge on any atom is 0.0568 e. The Morgan fingerprint density at radius 2 is 2.00 bits per heavy atom. The first-order valence-electron chi connectivity index (χ1n) is 4.24. The average molecular weight is 181 g/mol. The zero-order valence-electron chi connectivity index (χ0n) is 7.46. The third-order valence-electron chi connectivity index (χ3n) is 1.75. The molecule has 4 nitrogen and oxygen atoms in total. The van der Waals surface area contributed by atoms with Gasteiger partial charge in [-0.3, -0.25) is 0 Å². The summed E-state index contributed by atoms with van der Waals surface area (Å²) in [6.07, 6.45) is 0.726. The molecule has 4 heteroatoms. The van der Waals surface area contributed by atoms with Crippen LogP contribution in [0.5, 0.6) is 0 Å². The minimum Gasteiger partial charge on any atom is -0.397 e. The minimum absolute atomic E-state index is 0.192. The van der Waals surface area contributed by atoms with Crippen molar-refractivity contribution in [1.29, 1.82) is 0 Å². The van der Waals surface area contributed by atoms with Crippen molar-refractivity contribution in [3.05, 3.63) is 18.2 Å². The Morgan fingerprint density at radius 1 is 1.23 bits per heavy atom. The van der Waals surface area contributed by atoms with E-state index in [0.29, 0.717) is 11.4 Å². The largest absolute Gasteiger partial charge is 0.397 e. The molecule has 0 amide bonds. The van der Waals surface area contributed by atoms with Crippen molar-refractivity contribution in [1.82, 2.24) is 0 Å². The predicted octanol–water partition coefficient (Wildman–Crippen LogP) is 0.645. The summed E-state index contributed by atoms with van der Waals surface area (Å²) in [6.45, 7) is 0.928. The van der Waals surface area contributed by atoms with Gasteiger partial charge in [0.25, 0.3) is 0 Å². The van der Waals surface area contributed by atoms with Gasteiger partial charge >= 0.3 is 0 Å². The fraction of sp³-hybridized carbons (Fsp3) is 0.333. The number of hydrogen-bond acceptors (Lipinski definition) is 4. The SMILES string of the molecule is Nc1ccc(NCCCO)cc1N. The summed E-state index contributed by atoms with van der Waals surface area (Å²) < 4.78 is 0. The third-order valence-corrected chi connectivity index (χ3v) is 1.75. The molecule has 0 saturated heterocycles. The lowest BCUT2D eigenvalue weighted by atomic mass is 10.2. The molecule has 0 heterocycles. The van der Waals surface area contributed by atoms with Gasteiger partial charge in [-0.25, -0.2) is 0 Å². The lowest BCUT2D eigenvalue weighted by Gasteiger charge is -2.07. The number of anilines is 3. The number of benzene rings is 1. The van der Waals surface area contributed by atoms with Gasteiger partial charge in [-0.15, -0.1) is 0 Å². The molecule has 0 spiro atoms. The second-order valence-electron chi connectivity index (χ2n) is 2.85. The Labute approximate surface area is 77.6 Å². The molecule has 0 aliphatic heterocycles. The summed E-state index contributed by atoms with van der Waals surface area (Å²) in [6, 6.07) is 5.41. The van der Waals surface area contributed by atoms with Gasteiger partial charge in [0.2, 0.25) is 0 Å². The summed E-state index contributed by atoms with van der Waals surface area (Å²) in [7, 11) is 0. The van der Waals surface area contributed by atoms with E-state index in [2.05, 4.69) is 5.32 Å². The molecule has 0 atom stereocenters. The standard InChI is InChI=1S/C9H15N3O/c10-8-3-2-7(6-9(8)11)12-4-1-5-13/h2-3,6,12-13H,1,4-5,10-11H2. The second-order valence-corrected chi connectivity index (χ2v) is 2.85. The lowest BCUT2D eigenvalue weighted by Crippen LogP contribution is -2.04. The second kappa shape index (κ2) is 4.57. The highest BCUT2D eigenvalue weighted by atomic mass is 16.3. The van der Waals surface area contributed by atoms with Gasteiger partial charge in [-0.05, 0) is 24.6 Å². The molecule has 6 N–H and O–H groups in total. The quantitative estimate of drug-likeness (QED) is 0.406. The highest BCUT2D eigenvalue weighted by Crippen LogP contribution is 2.19. The van der Waals surface area contributed by atoms with Gasteiger partial charge < -0.3 is 21.9 Å². The Bertz CT molecular complexity index is 276. The van der Waals surface area contributed by atoms with Crippen LogP contribution in [0.2, 0.25) is 0 Å². The van der Waals surface area contributed by atoms with Gasteiger partial charge in [0.1, 0.15) is 0 Å². The predicted molar refractivity (Wildman–Crippen MR) is 55.5 cm³/mol. The topological polar surface area (TPSA) is 84.3 Å². The minimum atomic E-state index is 0.192. The van der Waals surface area contributed by atoms with Crippen LogP contribution in [0.3, 0.4) is 0 Å². The molecular weight excluding hydrogens is 166 g/mol. The molecule has 13 heavy (non-hydrogen) atoms. The van der Waals surface area contributed by atoms with Gasteiger partial charge in [-0.2, -0.15) is 0 Å². The Kier molecular flexibility index (Phi) is 3.40. The molecule has 1 aromatic carbocycles. The van der Waals surface area contributed by atoms with Crippen LogP contribution in [0.25, 0.3) is 0 Å². The van der Waals surface area contributed by atoms with Crippen molar-refractivity contribution < 1.29 is 5.11 Å². The van der Waals surface area contributed by atoms with E-state index in [0.717, 1.165) is 18.7 Å². The normalized spacial score (nSPS) is 9.92. The van der Waals surface area contributed by atoms with Crippen LogP contribution in [0, 0.1) is 0 Å². The molecule has 0 aliphatic rings. The van der Waals surface area contributed by atoms with Crippen LogP contribution in [0.1, 0.15) is 6.42 Å². The molecule has 0 unspecified atom stereocenters. The molecule has 1 rings (SSSR count). The van der Waals surface area contributed by atoms with Crippen molar-refractivity contribution in [2.45, 2.75) is 6.42 Å². The van der Waals surface area contributed by atoms with Crippen LogP contribution in [-0.4, -0.2) is 18.3 Å². The zero-order chi connectivity index (χ0) is 9.68. The van der Waals surface area contributed by atoms with Gasteiger partial charge in [-0.1, -0.05) is 0 Å². The van der Waals surface area contributed by atoms with Crippen molar-refractivity contribution >= 4 is 17.1 Å². The van der Waals surface area contributed by atoms with Crippen LogP contribution < -0.4 is 16.8 Å². The van der Waals surface area contributed by atoms with Crippen molar-refractivity contribution in [3.8, 4) is 0 Å². The highest BCUT2D eigenvalue weighted by molar-refractivity contribution is 5.69. The van der Waals surface area contributed by atoms with Crippen LogP contribution >= 0.6 is 0 Å². The first-order valence-corrected chi connectivity index (χ1v) is 4.24. The molecule has 0 saturated carbocycles. The van der Waals surface area contributed by atoms with E-state index in [1.807, 2.05) is 6.07 Å². The molecule has 0 fully saturated rings. The van der Waals surface area contributed by atoms with E-state index in [1.54, 1.807) is 12.1 Å². The number of nitrogens with two attached hydrogens (primary N) is 2. The first-order chi connectivity index (χ1) is 6.24. The summed E-state index contributed by atoms with van der Waals surface area (Å²) in [5.74, 6) is 0. The van der Waals surface area contributed by atoms with E-state index in [4.69, 9.17) is 16.6 Å². The number of nitrogen functional groups attached to an aromatic ring is 2. The molecule has 72 valence electrons. The Balaban J connectivity index is 2.53. The monoisotopic (exact) mass is 181 g/mol. The molecule has 0 radical (unpaired) electrons. The van der Waals surface area contributed by atoms with Crippen molar-refractivity contribution in [3.63, 3.8) is 0 Å². The van der Waals surface area contributed by atoms with E-state index in [1.165, 1.54) is 0 Å². The van der Waals surface area contributed by atoms with Crippen LogP contribution in [-0.2, 0) is 0 Å². The van der Waals surface area contributed by atoms with Gasteiger partial charge in [0.15, 0.2) is 0 Å². The number of aliphatic hydroxyl groups is 1. The van der Waals surface area contributed by atoms with E-state index < -0.39 is 0 Å². The number of nitrogens with one attached hydrogen (secondary N) is 1. The van der Waals surface area contributed by atoms with Gasteiger partial charge in [0.05, 0.1) is 11.4 Å². The van der Waals surface area contributed by atoms with E-state index >= 15 is 0 Å². The van der Waals surface area contributed by atoms with Gasteiger partial charge in [0, 0.05) is 18.8 Å². The number of hydrogen-bond donors (Lipinski definition) is 4. The summed E-state index contributed by atoms with van der Waals surface area (Å²) in [4.78, 5) is 0. The third kappa shape index (κ3) is 2.83. The number of aliphatic hydroxyl groups excluding tert-OH is 1. The fourth-order valence-corrected chi connectivity index (χ4v) is 0.996. The smallest absolute Gasteiger partial charge is 0.0568 e. The summed E-state index contributed by atoms with van der Waals surface area (Å²) in [5.41, 5.74) is 13.3. The molecule has 0 aromatic heterocycles. The summed E-state index contributed by atoms with van der Waals surface area (Å²) >= 11 is 0. The van der Waals surface area contributed by atoms with E-state index in [-0.39, 0.29) is 6.61 Å². The molecule has 1 aromatic rings. The lowest BCUT2D eigenvalue weighted by molar-refractivity contribution is 0.292. The first kappa shape index (κ1) is 9.67. The van der Waals surface area contributed by atoms with Crippen molar-refractivity contribution in [2.75, 3.05) is 29.9 Å². The average Bonchev–Trinajstić information content (AvgIpc) is 2.12. The van der Waals surface area contributed by atoms with Crippen molar-refractivity contribution in [2.24, 2.45) is 0 Å². The Hall–Kier alpha value is -1.42. The molecular formula is C9H15N3O. The fourth-order valence-electron chi connectivity index (χ4n) is 0.996. The maximum atomic E-state index is 8.56. The molecule has 0 aliphatic carbocycles. The molecule has 0 bridgehead atoms. The Morgan fingerprint density at radius 3 is 2.62 bits per heavy atom. The van der Waals surface area contributed by atoms with E-state index in [9.17, 15) is 0 Å². The summed E-state index contributed by atoms with van der Waals surface area (Å²) in [5, 5.41) is 11.7. The maximum absolute atomic E-state index is 8.56. The number of rotatable bonds is 4.